The van der Waals surface area contributed by atoms with Crippen molar-refractivity contribution in [3.8, 4) is 0 Å². The Morgan fingerprint density at radius 3 is 2.38 bits per heavy atom. The lowest BCUT2D eigenvalue weighted by atomic mass is 10.1. The van der Waals surface area contributed by atoms with Gasteiger partial charge in [-0.1, -0.05) is 53.0 Å². The second kappa shape index (κ2) is 11.5. The van der Waals surface area contributed by atoms with Crippen molar-refractivity contribution in [2.45, 2.75) is 31.4 Å². The lowest BCUT2D eigenvalue weighted by Crippen LogP contribution is -2.26. The Hall–Kier alpha value is -2.19. The summed E-state index contributed by atoms with van der Waals surface area (Å²) in [6, 6.07) is 15.7. The minimum absolute atomic E-state index is 0.0779. The lowest BCUT2D eigenvalue weighted by molar-refractivity contribution is 0.0956. The number of carbonyl (C=O) groups is 1. The van der Waals surface area contributed by atoms with Gasteiger partial charge in [-0.15, -0.1) is 0 Å². The number of benzene rings is 3. The second-order valence-corrected chi connectivity index (χ2v) is 11.5. The number of aryl methyl sites for hydroxylation is 3. The molecule has 0 heterocycles. The molecule has 1 amide bonds. The van der Waals surface area contributed by atoms with Gasteiger partial charge < -0.3 is 5.32 Å². The summed E-state index contributed by atoms with van der Waals surface area (Å²) in [4.78, 5) is 12.7. The first-order valence-electron chi connectivity index (χ1n) is 10.6. The highest BCUT2D eigenvalue weighted by atomic mass is 35.5. The molecule has 9 heteroatoms. The van der Waals surface area contributed by atoms with Gasteiger partial charge in [0.25, 0.3) is 15.9 Å². The van der Waals surface area contributed by atoms with Gasteiger partial charge >= 0.3 is 0 Å². The van der Waals surface area contributed by atoms with Crippen LogP contribution >= 0.6 is 35.0 Å². The zero-order valence-corrected chi connectivity index (χ0v) is 22.3. The van der Waals surface area contributed by atoms with Crippen molar-refractivity contribution in [3.63, 3.8) is 0 Å². The Bertz CT molecular complexity index is 1310. The van der Waals surface area contributed by atoms with E-state index in [4.69, 9.17) is 23.2 Å². The largest absolute Gasteiger partial charge is 0.351 e. The topological polar surface area (TPSA) is 75.3 Å². The van der Waals surface area contributed by atoms with Crippen LogP contribution in [0, 0.1) is 20.8 Å². The van der Waals surface area contributed by atoms with Crippen molar-refractivity contribution in [1.82, 2.24) is 5.32 Å². The van der Waals surface area contributed by atoms with Crippen molar-refractivity contribution in [2.24, 2.45) is 0 Å². The predicted octanol–water partition coefficient (Wildman–Crippen LogP) is 6.38. The first kappa shape index (κ1) is 26.4. The quantitative estimate of drug-likeness (QED) is 0.311. The van der Waals surface area contributed by atoms with Crippen molar-refractivity contribution >= 4 is 56.6 Å². The first-order valence-corrected chi connectivity index (χ1v) is 14.0. The predicted molar refractivity (Wildman–Crippen MR) is 143 cm³/mol. The zero-order chi connectivity index (χ0) is 24.9. The van der Waals surface area contributed by atoms with Gasteiger partial charge in [0.05, 0.1) is 20.6 Å². The van der Waals surface area contributed by atoms with Crippen LogP contribution in [0.25, 0.3) is 0 Å². The van der Waals surface area contributed by atoms with Gasteiger partial charge in [-0.3, -0.25) is 9.52 Å². The van der Waals surface area contributed by atoms with Crippen LogP contribution < -0.4 is 10.0 Å². The lowest BCUT2D eigenvalue weighted by Gasteiger charge is -2.14. The molecule has 0 atom stereocenters. The Kier molecular flexibility index (Phi) is 8.93. The Labute approximate surface area is 215 Å². The van der Waals surface area contributed by atoms with E-state index >= 15 is 0 Å². The van der Waals surface area contributed by atoms with E-state index in [1.807, 2.05) is 38.1 Å². The molecule has 0 radical (unpaired) electrons. The van der Waals surface area contributed by atoms with E-state index in [9.17, 15) is 13.2 Å². The molecule has 0 saturated carbocycles. The number of carbonyl (C=O) groups excluding carboxylic acids is 1. The highest BCUT2D eigenvalue weighted by molar-refractivity contribution is 7.98. The molecule has 0 spiro atoms. The average molecular weight is 538 g/mol. The van der Waals surface area contributed by atoms with Crippen LogP contribution in [0.5, 0.6) is 0 Å². The third-order valence-corrected chi connectivity index (χ3v) is 8.43. The molecule has 3 aromatic rings. The van der Waals surface area contributed by atoms with Gasteiger partial charge in [-0.25, -0.2) is 8.42 Å². The fourth-order valence-electron chi connectivity index (χ4n) is 3.32. The number of amides is 1. The van der Waals surface area contributed by atoms with Gasteiger partial charge in [0, 0.05) is 23.6 Å². The number of sulfonamides is 1. The molecule has 0 unspecified atom stereocenters. The highest BCUT2D eigenvalue weighted by Crippen LogP contribution is 2.25. The molecular formula is C25H26Cl2N2O3S2. The molecule has 0 aliphatic carbocycles. The maximum Gasteiger partial charge on any atom is 0.262 e. The molecule has 180 valence electrons. The third kappa shape index (κ3) is 6.92. The van der Waals surface area contributed by atoms with E-state index in [1.165, 1.54) is 6.07 Å². The van der Waals surface area contributed by atoms with Crippen LogP contribution in [-0.4, -0.2) is 26.6 Å². The number of nitrogens with one attached hydrogen (secondary N) is 2. The average Bonchev–Trinajstić information content (AvgIpc) is 2.78. The van der Waals surface area contributed by atoms with Gasteiger partial charge in [0.1, 0.15) is 0 Å². The molecular weight excluding hydrogens is 511 g/mol. The van der Waals surface area contributed by atoms with Crippen molar-refractivity contribution in [3.05, 3.63) is 92.5 Å². The molecule has 0 saturated heterocycles. The van der Waals surface area contributed by atoms with Crippen LogP contribution in [0.15, 0.2) is 59.5 Å². The van der Waals surface area contributed by atoms with Crippen LogP contribution in [0.4, 0.5) is 5.69 Å². The van der Waals surface area contributed by atoms with E-state index in [1.54, 1.807) is 43.0 Å². The fourth-order valence-corrected chi connectivity index (χ4v) is 5.85. The molecule has 34 heavy (non-hydrogen) atoms. The molecule has 0 aliphatic rings. The minimum atomic E-state index is -3.86. The molecule has 0 aromatic heterocycles. The number of anilines is 1. The van der Waals surface area contributed by atoms with E-state index in [0.29, 0.717) is 39.2 Å². The number of hydrogen-bond acceptors (Lipinski definition) is 4. The van der Waals surface area contributed by atoms with E-state index in [0.717, 1.165) is 22.4 Å². The Balaban J connectivity index is 1.60. The standard InChI is InChI=1S/C25H26Cl2N2O3S2/c1-16-4-9-23(18(3)12-16)29-34(31,32)24-14-20(7-5-17(24)2)25(30)28-10-11-33-15-19-6-8-21(26)22(27)13-19/h4-9,12-14,29H,10-11,15H2,1-3H3,(H,28,30). The normalized spacial score (nSPS) is 11.3. The van der Waals surface area contributed by atoms with Crippen LogP contribution in [-0.2, 0) is 15.8 Å². The molecule has 0 fully saturated rings. The Morgan fingerprint density at radius 1 is 0.912 bits per heavy atom. The molecule has 0 bridgehead atoms. The summed E-state index contributed by atoms with van der Waals surface area (Å²) in [6.07, 6.45) is 0. The molecule has 3 aromatic carbocycles. The number of hydrogen-bond donors (Lipinski definition) is 2. The van der Waals surface area contributed by atoms with Crippen molar-refractivity contribution in [1.29, 1.82) is 0 Å². The fraction of sp³-hybridized carbons (Fsp3) is 0.240. The zero-order valence-electron chi connectivity index (χ0n) is 19.1. The second-order valence-electron chi connectivity index (χ2n) is 7.96. The molecule has 5 nitrogen and oxygen atoms in total. The summed E-state index contributed by atoms with van der Waals surface area (Å²) in [6.45, 7) is 5.95. The van der Waals surface area contributed by atoms with E-state index in [2.05, 4.69) is 10.0 Å². The maximum absolute atomic E-state index is 13.0. The highest BCUT2D eigenvalue weighted by Gasteiger charge is 2.20. The molecule has 0 aliphatic heterocycles. The van der Waals surface area contributed by atoms with Gasteiger partial charge in [0.15, 0.2) is 0 Å². The number of rotatable bonds is 9. The SMILES string of the molecule is Cc1ccc(NS(=O)(=O)c2cc(C(=O)NCCSCc3ccc(Cl)c(Cl)c3)ccc2C)c(C)c1. The summed E-state index contributed by atoms with van der Waals surface area (Å²) >= 11 is 13.6. The van der Waals surface area contributed by atoms with E-state index < -0.39 is 10.0 Å². The molecule has 2 N–H and O–H groups in total. The van der Waals surface area contributed by atoms with E-state index in [-0.39, 0.29) is 10.8 Å². The monoisotopic (exact) mass is 536 g/mol. The van der Waals surface area contributed by atoms with Crippen LogP contribution in [0.2, 0.25) is 10.0 Å². The van der Waals surface area contributed by atoms with Gasteiger partial charge in [-0.05, 0) is 67.8 Å². The van der Waals surface area contributed by atoms with Crippen molar-refractivity contribution < 1.29 is 13.2 Å². The summed E-state index contributed by atoms with van der Waals surface area (Å²) < 4.78 is 28.7. The summed E-state index contributed by atoms with van der Waals surface area (Å²) in [5.74, 6) is 1.11. The third-order valence-electron chi connectivity index (χ3n) is 5.15. The summed E-state index contributed by atoms with van der Waals surface area (Å²) in [5.41, 5.74) is 4.29. The first-order chi connectivity index (χ1) is 16.1. The Morgan fingerprint density at radius 2 is 1.68 bits per heavy atom. The van der Waals surface area contributed by atoms with Crippen molar-refractivity contribution in [2.75, 3.05) is 17.0 Å². The smallest absolute Gasteiger partial charge is 0.262 e. The number of halogens is 2. The van der Waals surface area contributed by atoms with Gasteiger partial charge in [0.2, 0.25) is 0 Å². The minimum Gasteiger partial charge on any atom is -0.351 e. The number of thioether (sulfide) groups is 1. The van der Waals surface area contributed by atoms with Crippen LogP contribution in [0.1, 0.15) is 32.6 Å². The summed E-state index contributed by atoms with van der Waals surface area (Å²) in [7, 11) is -3.86. The van der Waals surface area contributed by atoms with Gasteiger partial charge in [-0.2, -0.15) is 11.8 Å². The van der Waals surface area contributed by atoms with Crippen LogP contribution in [0.3, 0.4) is 0 Å². The molecule has 3 rings (SSSR count). The maximum atomic E-state index is 13.0. The summed E-state index contributed by atoms with van der Waals surface area (Å²) in [5, 5.41) is 3.89.